The first kappa shape index (κ1) is 26.2. The van der Waals surface area contributed by atoms with Crippen molar-refractivity contribution in [3.63, 3.8) is 0 Å². The van der Waals surface area contributed by atoms with E-state index in [1.54, 1.807) is 12.3 Å². The zero-order valence-corrected chi connectivity index (χ0v) is 20.5. The van der Waals surface area contributed by atoms with E-state index < -0.39 is 11.9 Å². The van der Waals surface area contributed by atoms with E-state index in [1.165, 1.54) is 22.0 Å². The second kappa shape index (κ2) is 14.1. The molecular weight excluding hydrogens is 454 g/mol. The lowest BCUT2D eigenvalue weighted by Gasteiger charge is -2.19. The molecule has 10 heteroatoms. The number of nitrogens with one attached hydrogen (secondary N) is 2. The fraction of sp³-hybridized carbons (Fsp3) is 0.542. The van der Waals surface area contributed by atoms with Gasteiger partial charge in [0, 0.05) is 37.7 Å². The Labute approximate surface area is 204 Å². The fourth-order valence-corrected chi connectivity index (χ4v) is 4.61. The standard InChI is InChI=1S/C24H35N5O4S/c1-28(19-9-4-2-5-10-19)15-8-14-25-13-7-3-6-11-21(31)26-20-12-16-29(24(32)27-20)22-18-34-23(17-30)33-22/h2,4-5,9-10,12,16,22-23,25,30H,3,6-8,11,13-15,17-18H2,1H3,(H,26,27,31,32). The number of carbonyl (C=O) groups excluding carboxylic acids is 1. The maximum Gasteiger partial charge on any atom is 0.351 e. The molecule has 0 radical (unpaired) electrons. The van der Waals surface area contributed by atoms with Gasteiger partial charge in [-0.15, -0.1) is 11.8 Å². The van der Waals surface area contributed by atoms with Gasteiger partial charge < -0.3 is 25.4 Å². The third-order valence-corrected chi connectivity index (χ3v) is 6.70. The summed E-state index contributed by atoms with van der Waals surface area (Å²) >= 11 is 1.45. The molecule has 1 saturated heterocycles. The van der Waals surface area contributed by atoms with Crippen molar-refractivity contribution >= 4 is 29.2 Å². The van der Waals surface area contributed by atoms with Crippen LogP contribution in [0.1, 0.15) is 38.3 Å². The lowest BCUT2D eigenvalue weighted by Crippen LogP contribution is -2.29. The molecule has 3 N–H and O–H groups in total. The summed E-state index contributed by atoms with van der Waals surface area (Å²) in [5.41, 5.74) is 0.422. The molecule has 9 nitrogen and oxygen atoms in total. The Morgan fingerprint density at radius 2 is 2.00 bits per heavy atom. The van der Waals surface area contributed by atoms with Gasteiger partial charge in [0.15, 0.2) is 0 Å². The molecule has 0 aliphatic carbocycles. The molecule has 3 rings (SSSR count). The second-order valence-electron chi connectivity index (χ2n) is 8.26. The molecule has 1 amide bonds. The van der Waals surface area contributed by atoms with Gasteiger partial charge in [-0.2, -0.15) is 4.98 Å². The van der Waals surface area contributed by atoms with Gasteiger partial charge in [0.05, 0.1) is 6.61 Å². The van der Waals surface area contributed by atoms with E-state index in [2.05, 4.69) is 51.8 Å². The van der Waals surface area contributed by atoms with Gasteiger partial charge in [0.25, 0.3) is 0 Å². The maximum atomic E-state index is 12.3. The summed E-state index contributed by atoms with van der Waals surface area (Å²) in [6.07, 6.45) is 5.36. The number of anilines is 2. The summed E-state index contributed by atoms with van der Waals surface area (Å²) in [4.78, 5) is 30.6. The number of ether oxygens (including phenoxy) is 1. The number of hydrogen-bond acceptors (Lipinski definition) is 8. The van der Waals surface area contributed by atoms with Crippen LogP contribution in [-0.4, -0.2) is 65.0 Å². The van der Waals surface area contributed by atoms with E-state index in [-0.39, 0.29) is 23.8 Å². The number of aliphatic hydroxyl groups is 1. The summed E-state index contributed by atoms with van der Waals surface area (Å²) in [6.45, 7) is 2.82. The molecule has 34 heavy (non-hydrogen) atoms. The largest absolute Gasteiger partial charge is 0.393 e. The number of hydrogen-bond donors (Lipinski definition) is 3. The molecule has 2 atom stereocenters. The number of aliphatic hydroxyl groups excluding tert-OH is 1. The van der Waals surface area contributed by atoms with E-state index >= 15 is 0 Å². The maximum absolute atomic E-state index is 12.3. The van der Waals surface area contributed by atoms with Crippen molar-refractivity contribution < 1.29 is 14.6 Å². The number of aromatic nitrogens is 2. The van der Waals surface area contributed by atoms with E-state index in [9.17, 15) is 9.59 Å². The summed E-state index contributed by atoms with van der Waals surface area (Å²) in [5.74, 6) is 0.672. The number of nitrogens with zero attached hydrogens (tertiary/aromatic N) is 3. The lowest BCUT2D eigenvalue weighted by molar-refractivity contribution is -0.116. The highest BCUT2D eigenvalue weighted by atomic mass is 32.2. The zero-order chi connectivity index (χ0) is 24.2. The fourth-order valence-electron chi connectivity index (χ4n) is 3.68. The van der Waals surface area contributed by atoms with Crippen LogP contribution in [0, 0.1) is 0 Å². The summed E-state index contributed by atoms with van der Waals surface area (Å²) in [5, 5.41) is 15.3. The molecule has 1 aromatic carbocycles. The Balaban J connectivity index is 1.23. The van der Waals surface area contributed by atoms with Crippen LogP contribution in [0.3, 0.4) is 0 Å². The van der Waals surface area contributed by atoms with Crippen molar-refractivity contribution in [2.24, 2.45) is 0 Å². The summed E-state index contributed by atoms with van der Waals surface area (Å²) in [7, 11) is 2.11. The highest BCUT2D eigenvalue weighted by Crippen LogP contribution is 2.30. The van der Waals surface area contributed by atoms with Crippen LogP contribution < -0.4 is 21.2 Å². The van der Waals surface area contributed by atoms with Crippen molar-refractivity contribution in [1.82, 2.24) is 14.9 Å². The monoisotopic (exact) mass is 489 g/mol. The SMILES string of the molecule is CN(CCCNCCCCCC(=O)Nc1ccn(C2CSC(CO)O2)c(=O)n1)c1ccccc1. The van der Waals surface area contributed by atoms with Crippen LogP contribution in [-0.2, 0) is 9.53 Å². The number of para-hydroxylation sites is 1. The average molecular weight is 490 g/mol. The van der Waals surface area contributed by atoms with Crippen molar-refractivity contribution in [3.05, 3.63) is 53.1 Å². The highest BCUT2D eigenvalue weighted by Gasteiger charge is 2.27. The van der Waals surface area contributed by atoms with Crippen molar-refractivity contribution in [2.45, 2.75) is 43.8 Å². The summed E-state index contributed by atoms with van der Waals surface area (Å²) in [6, 6.07) is 12.0. The van der Waals surface area contributed by atoms with Crippen LogP contribution in [0.5, 0.6) is 0 Å². The first-order valence-electron chi connectivity index (χ1n) is 11.8. The highest BCUT2D eigenvalue weighted by molar-refractivity contribution is 8.00. The first-order chi connectivity index (χ1) is 16.6. The van der Waals surface area contributed by atoms with E-state index in [4.69, 9.17) is 9.84 Å². The van der Waals surface area contributed by atoms with Crippen molar-refractivity contribution in [1.29, 1.82) is 0 Å². The smallest absolute Gasteiger partial charge is 0.351 e. The minimum atomic E-state index is -0.483. The topological polar surface area (TPSA) is 109 Å². The van der Waals surface area contributed by atoms with Crippen LogP contribution in [0.2, 0.25) is 0 Å². The van der Waals surface area contributed by atoms with Crippen molar-refractivity contribution in [3.8, 4) is 0 Å². The number of unbranched alkanes of at least 4 members (excludes halogenated alkanes) is 2. The van der Waals surface area contributed by atoms with E-state index in [0.717, 1.165) is 45.3 Å². The third-order valence-electron chi connectivity index (χ3n) is 5.59. The van der Waals surface area contributed by atoms with Gasteiger partial charge in [-0.05, 0) is 50.6 Å². The first-order valence-corrected chi connectivity index (χ1v) is 12.9. The molecule has 1 aromatic heterocycles. The Bertz CT molecular complexity index is 942. The predicted octanol–water partition coefficient (Wildman–Crippen LogP) is 2.44. The van der Waals surface area contributed by atoms with Gasteiger partial charge in [0.1, 0.15) is 17.5 Å². The molecule has 1 aliphatic heterocycles. The normalized spacial score (nSPS) is 17.6. The minimum absolute atomic E-state index is 0.0973. The van der Waals surface area contributed by atoms with Gasteiger partial charge in [-0.3, -0.25) is 9.36 Å². The van der Waals surface area contributed by atoms with Crippen LogP contribution in [0.25, 0.3) is 0 Å². The van der Waals surface area contributed by atoms with Gasteiger partial charge in [-0.1, -0.05) is 24.6 Å². The Kier molecular flexibility index (Phi) is 10.9. The zero-order valence-electron chi connectivity index (χ0n) is 19.7. The Morgan fingerprint density at radius 3 is 2.74 bits per heavy atom. The quantitative estimate of drug-likeness (QED) is 0.347. The number of benzene rings is 1. The molecule has 1 aliphatic rings. The molecular formula is C24H35N5O4S. The van der Waals surface area contributed by atoms with Gasteiger partial charge in [0.2, 0.25) is 5.91 Å². The van der Waals surface area contributed by atoms with Crippen LogP contribution >= 0.6 is 11.8 Å². The number of thioether (sulfide) groups is 1. The molecule has 0 bridgehead atoms. The molecule has 2 unspecified atom stereocenters. The number of carbonyl (C=O) groups is 1. The molecule has 0 spiro atoms. The van der Waals surface area contributed by atoms with Gasteiger partial charge >= 0.3 is 5.69 Å². The second-order valence-corrected chi connectivity index (χ2v) is 9.45. The minimum Gasteiger partial charge on any atom is -0.393 e. The van der Waals surface area contributed by atoms with Gasteiger partial charge in [-0.25, -0.2) is 4.79 Å². The Morgan fingerprint density at radius 1 is 1.21 bits per heavy atom. The number of rotatable bonds is 14. The molecule has 2 aromatic rings. The third kappa shape index (κ3) is 8.43. The van der Waals surface area contributed by atoms with E-state index in [0.29, 0.717) is 12.2 Å². The van der Waals surface area contributed by atoms with E-state index in [1.807, 2.05) is 6.07 Å². The summed E-state index contributed by atoms with van der Waals surface area (Å²) < 4.78 is 6.96. The van der Waals surface area contributed by atoms with Crippen molar-refractivity contribution in [2.75, 3.05) is 49.3 Å². The molecule has 1 fully saturated rings. The molecule has 2 heterocycles. The predicted molar refractivity (Wildman–Crippen MR) is 136 cm³/mol. The lowest BCUT2D eigenvalue weighted by atomic mass is 10.2. The molecule has 186 valence electrons. The molecule has 0 saturated carbocycles. The number of amides is 1. The van der Waals surface area contributed by atoms with Crippen LogP contribution in [0.4, 0.5) is 11.5 Å². The van der Waals surface area contributed by atoms with Crippen LogP contribution in [0.15, 0.2) is 47.4 Å². The average Bonchev–Trinajstić information content (AvgIpc) is 3.32. The Hall–Kier alpha value is -2.40.